The summed E-state index contributed by atoms with van der Waals surface area (Å²) >= 11 is 1.53. The van der Waals surface area contributed by atoms with Crippen LogP contribution >= 0.6 is 11.8 Å². The van der Waals surface area contributed by atoms with Gasteiger partial charge in [0.05, 0.1) is 4.90 Å². The molecule has 1 aromatic carbocycles. The molecule has 34 heavy (non-hydrogen) atoms. The van der Waals surface area contributed by atoms with Crippen LogP contribution in [0.1, 0.15) is 35.6 Å². The van der Waals surface area contributed by atoms with E-state index in [1.165, 1.54) is 22.9 Å². The van der Waals surface area contributed by atoms with Crippen LogP contribution in [-0.4, -0.2) is 32.4 Å². The quantitative estimate of drug-likeness (QED) is 0.413. The van der Waals surface area contributed by atoms with Crippen LogP contribution in [0.3, 0.4) is 0 Å². The Labute approximate surface area is 202 Å². The van der Waals surface area contributed by atoms with E-state index in [0.29, 0.717) is 11.6 Å². The second-order valence-corrected chi connectivity index (χ2v) is 10.4. The average molecular weight is 473 g/mol. The smallest absolute Gasteiger partial charge is 0.213 e. The van der Waals surface area contributed by atoms with Gasteiger partial charge in [0.25, 0.3) is 0 Å². The molecular formula is C25H28N8S. The molecule has 1 aliphatic heterocycles. The SMILES string of the molecule is Cc1c(Sc2c(N)nc(N3CCC4(CC3)Cc3ccccc3[C@H]4N)n3ccnc23)ccnc1N. The van der Waals surface area contributed by atoms with E-state index < -0.39 is 0 Å². The second kappa shape index (κ2) is 7.89. The first-order chi connectivity index (χ1) is 16.5. The molecular weight excluding hydrogens is 444 g/mol. The summed E-state index contributed by atoms with van der Waals surface area (Å²) in [7, 11) is 0. The second-order valence-electron chi connectivity index (χ2n) is 9.37. The first-order valence-electron chi connectivity index (χ1n) is 11.6. The average Bonchev–Trinajstić information content (AvgIpc) is 3.43. The highest BCUT2D eigenvalue weighted by atomic mass is 32.2. The highest BCUT2D eigenvalue weighted by Gasteiger charge is 2.46. The Bertz CT molecular complexity index is 1390. The third-order valence-electron chi connectivity index (χ3n) is 7.55. The van der Waals surface area contributed by atoms with Gasteiger partial charge in [-0.25, -0.2) is 9.97 Å². The van der Waals surface area contributed by atoms with Crippen LogP contribution in [0, 0.1) is 12.3 Å². The van der Waals surface area contributed by atoms with Gasteiger partial charge >= 0.3 is 0 Å². The third-order valence-corrected chi connectivity index (χ3v) is 8.81. The van der Waals surface area contributed by atoms with E-state index in [4.69, 9.17) is 22.2 Å². The number of piperidine rings is 1. The van der Waals surface area contributed by atoms with Crippen LogP contribution in [0.2, 0.25) is 0 Å². The number of hydrogen-bond donors (Lipinski definition) is 3. The molecule has 4 aromatic rings. The zero-order valence-corrected chi connectivity index (χ0v) is 19.9. The Morgan fingerprint density at radius 1 is 1.03 bits per heavy atom. The first-order valence-corrected chi connectivity index (χ1v) is 12.4. The Morgan fingerprint density at radius 2 is 1.82 bits per heavy atom. The maximum Gasteiger partial charge on any atom is 0.213 e. The number of nitrogens with zero attached hydrogens (tertiary/aromatic N) is 5. The van der Waals surface area contributed by atoms with Gasteiger partial charge in [-0.05, 0) is 48.8 Å². The summed E-state index contributed by atoms with van der Waals surface area (Å²) in [4.78, 5) is 17.8. The van der Waals surface area contributed by atoms with E-state index in [0.717, 1.165) is 59.3 Å². The molecule has 9 heteroatoms. The van der Waals surface area contributed by atoms with Gasteiger partial charge < -0.3 is 22.1 Å². The van der Waals surface area contributed by atoms with Crippen LogP contribution in [0.25, 0.3) is 5.65 Å². The van der Waals surface area contributed by atoms with Crippen molar-refractivity contribution >= 4 is 35.0 Å². The molecule has 6 rings (SSSR count). The van der Waals surface area contributed by atoms with Gasteiger partial charge in [0.2, 0.25) is 5.95 Å². The minimum Gasteiger partial charge on any atom is -0.383 e. The zero-order valence-electron chi connectivity index (χ0n) is 19.1. The molecule has 174 valence electrons. The van der Waals surface area contributed by atoms with E-state index >= 15 is 0 Å². The zero-order chi connectivity index (χ0) is 23.4. The van der Waals surface area contributed by atoms with Crippen molar-refractivity contribution in [3.63, 3.8) is 0 Å². The molecule has 0 amide bonds. The predicted molar refractivity (Wildman–Crippen MR) is 136 cm³/mol. The van der Waals surface area contributed by atoms with Crippen molar-refractivity contribution in [3.05, 3.63) is 65.6 Å². The van der Waals surface area contributed by atoms with E-state index in [9.17, 15) is 0 Å². The number of nitrogens with two attached hydrogens (primary N) is 3. The van der Waals surface area contributed by atoms with Crippen molar-refractivity contribution in [3.8, 4) is 0 Å². The molecule has 3 aromatic heterocycles. The Morgan fingerprint density at radius 3 is 2.62 bits per heavy atom. The molecule has 1 aliphatic carbocycles. The van der Waals surface area contributed by atoms with E-state index in [2.05, 4.69) is 39.1 Å². The summed E-state index contributed by atoms with van der Waals surface area (Å²) < 4.78 is 2.04. The number of benzene rings is 1. The lowest BCUT2D eigenvalue weighted by molar-refractivity contribution is 0.187. The summed E-state index contributed by atoms with van der Waals surface area (Å²) in [5.41, 5.74) is 23.8. The lowest BCUT2D eigenvalue weighted by Gasteiger charge is -2.42. The maximum atomic E-state index is 6.77. The maximum absolute atomic E-state index is 6.77. The molecule has 1 saturated heterocycles. The van der Waals surface area contributed by atoms with Crippen LogP contribution in [-0.2, 0) is 6.42 Å². The van der Waals surface area contributed by atoms with Gasteiger partial charge in [-0.3, -0.25) is 4.40 Å². The van der Waals surface area contributed by atoms with Crippen molar-refractivity contribution in [1.29, 1.82) is 0 Å². The first kappa shape index (κ1) is 21.2. The number of fused-ring (bicyclic) bond motifs is 2. The van der Waals surface area contributed by atoms with Gasteiger partial charge in [-0.2, -0.15) is 4.98 Å². The van der Waals surface area contributed by atoms with E-state index in [1.54, 1.807) is 12.4 Å². The van der Waals surface area contributed by atoms with Crippen molar-refractivity contribution < 1.29 is 0 Å². The topological polar surface area (TPSA) is 124 Å². The van der Waals surface area contributed by atoms with Crippen molar-refractivity contribution in [2.24, 2.45) is 11.1 Å². The van der Waals surface area contributed by atoms with Crippen molar-refractivity contribution in [2.45, 2.75) is 42.0 Å². The van der Waals surface area contributed by atoms with Crippen LogP contribution in [0.5, 0.6) is 0 Å². The molecule has 1 atom stereocenters. The number of hydrogen-bond acceptors (Lipinski definition) is 8. The van der Waals surface area contributed by atoms with E-state index in [-0.39, 0.29) is 11.5 Å². The number of rotatable bonds is 3. The number of aromatic nitrogens is 4. The Kier molecular flexibility index (Phi) is 4.93. The molecule has 2 aliphatic rings. The molecule has 6 N–H and O–H groups in total. The standard InChI is InChI=1S/C25H28N8S/c1-15-18(6-9-29-21(15)27)34-19-22(28)31-24(33-13-10-30-23(19)33)32-11-7-25(8-12-32)14-16-4-2-3-5-17(16)20(25)26/h2-6,9-10,13,20H,7-8,11-12,14,26,28H2,1H3,(H2,27,29)/t20-/m1/s1. The van der Waals surface area contributed by atoms with Crippen LogP contribution in [0.4, 0.5) is 17.6 Å². The van der Waals surface area contributed by atoms with Gasteiger partial charge in [-0.15, -0.1) is 0 Å². The highest BCUT2D eigenvalue weighted by molar-refractivity contribution is 7.99. The fraction of sp³-hybridized carbons (Fsp3) is 0.320. The van der Waals surface area contributed by atoms with Crippen LogP contribution < -0.4 is 22.1 Å². The summed E-state index contributed by atoms with van der Waals surface area (Å²) in [6.45, 7) is 3.72. The van der Waals surface area contributed by atoms with Gasteiger partial charge in [-0.1, -0.05) is 36.0 Å². The monoisotopic (exact) mass is 472 g/mol. The molecule has 8 nitrogen and oxygen atoms in total. The minimum atomic E-state index is 0.0898. The predicted octanol–water partition coefficient (Wildman–Crippen LogP) is 3.59. The number of pyridine rings is 1. The van der Waals surface area contributed by atoms with Crippen LogP contribution in [0.15, 0.2) is 58.7 Å². The normalized spacial score (nSPS) is 19.1. The Hall–Kier alpha value is -3.30. The summed E-state index contributed by atoms with van der Waals surface area (Å²) in [6.07, 6.45) is 8.56. The molecule has 4 heterocycles. The number of nitrogen functional groups attached to an aromatic ring is 2. The molecule has 0 bridgehead atoms. The fourth-order valence-electron chi connectivity index (χ4n) is 5.49. The third kappa shape index (κ3) is 3.22. The molecule has 0 unspecified atom stereocenters. The molecule has 0 radical (unpaired) electrons. The van der Waals surface area contributed by atoms with Crippen molar-refractivity contribution in [1.82, 2.24) is 19.4 Å². The molecule has 0 saturated carbocycles. The van der Waals surface area contributed by atoms with E-state index in [1.807, 2.05) is 23.6 Å². The van der Waals surface area contributed by atoms with Gasteiger partial charge in [0, 0.05) is 48.2 Å². The number of anilines is 3. The fourth-order valence-corrected chi connectivity index (χ4v) is 6.49. The van der Waals surface area contributed by atoms with Crippen molar-refractivity contribution in [2.75, 3.05) is 29.5 Å². The summed E-state index contributed by atoms with van der Waals surface area (Å²) in [5, 5.41) is 0. The highest BCUT2D eigenvalue weighted by Crippen LogP contribution is 2.51. The van der Waals surface area contributed by atoms with Gasteiger partial charge in [0.1, 0.15) is 11.6 Å². The molecule has 1 spiro atoms. The number of imidazole rings is 1. The van der Waals surface area contributed by atoms with Gasteiger partial charge in [0.15, 0.2) is 5.65 Å². The Balaban J connectivity index is 1.29. The lowest BCUT2D eigenvalue weighted by atomic mass is 9.73. The lowest BCUT2D eigenvalue weighted by Crippen LogP contribution is -2.45. The summed E-state index contributed by atoms with van der Waals surface area (Å²) in [5.74, 6) is 1.82. The minimum absolute atomic E-state index is 0.0898. The largest absolute Gasteiger partial charge is 0.383 e. The summed E-state index contributed by atoms with van der Waals surface area (Å²) in [6, 6.07) is 10.7. The molecule has 1 fully saturated rings.